The highest BCUT2D eigenvalue weighted by atomic mass is 16.5. The molecule has 3 heteroatoms. The van der Waals surface area contributed by atoms with E-state index in [1.54, 1.807) is 0 Å². The summed E-state index contributed by atoms with van der Waals surface area (Å²) in [6.45, 7) is 4.85. The molecule has 0 N–H and O–H groups in total. The number of rotatable bonds is 3. The predicted molar refractivity (Wildman–Crippen MR) is 46.9 cm³/mol. The first-order valence-electron chi connectivity index (χ1n) is 4.38. The van der Waals surface area contributed by atoms with Crippen LogP contribution in [-0.4, -0.2) is 36.6 Å². The van der Waals surface area contributed by atoms with E-state index >= 15 is 0 Å². The van der Waals surface area contributed by atoms with Crippen molar-refractivity contribution in [3.8, 4) is 0 Å². The fourth-order valence-electron chi connectivity index (χ4n) is 1.49. The lowest BCUT2D eigenvalue weighted by Gasteiger charge is -2.29. The van der Waals surface area contributed by atoms with Gasteiger partial charge in [-0.15, -0.1) is 0 Å². The van der Waals surface area contributed by atoms with Crippen molar-refractivity contribution in [2.75, 3.05) is 13.7 Å². The van der Waals surface area contributed by atoms with Crippen molar-refractivity contribution in [1.82, 2.24) is 4.90 Å². The minimum atomic E-state index is -0.159. The number of hydrogen-bond donors (Lipinski definition) is 0. The standard InChI is InChI=1S/C9H17NO2/c1-9(2)10(3)8(7-12-9)5-4-6-11/h6,8H,4-5,7H2,1-3H3/t8-/m0/s1. The van der Waals surface area contributed by atoms with Gasteiger partial charge in [-0.3, -0.25) is 4.90 Å². The highest BCUT2D eigenvalue weighted by molar-refractivity contribution is 5.49. The molecule has 0 aromatic rings. The van der Waals surface area contributed by atoms with Crippen molar-refractivity contribution < 1.29 is 9.53 Å². The molecule has 70 valence electrons. The highest BCUT2D eigenvalue weighted by Crippen LogP contribution is 2.26. The van der Waals surface area contributed by atoms with Gasteiger partial charge in [0.15, 0.2) is 0 Å². The van der Waals surface area contributed by atoms with Crippen LogP contribution in [0.4, 0.5) is 0 Å². The second-order valence-corrected chi connectivity index (χ2v) is 3.77. The summed E-state index contributed by atoms with van der Waals surface area (Å²) in [6, 6.07) is 0.408. The molecule has 0 aromatic carbocycles. The van der Waals surface area contributed by atoms with Crippen LogP contribution >= 0.6 is 0 Å². The van der Waals surface area contributed by atoms with Crippen molar-refractivity contribution in [3.63, 3.8) is 0 Å². The molecular formula is C9H17NO2. The molecule has 0 amide bonds. The average molecular weight is 171 g/mol. The average Bonchev–Trinajstić information content (AvgIpc) is 2.26. The molecule has 0 saturated carbocycles. The molecule has 0 spiro atoms. The zero-order valence-corrected chi connectivity index (χ0v) is 8.04. The van der Waals surface area contributed by atoms with Crippen molar-refractivity contribution in [3.05, 3.63) is 0 Å². The molecule has 1 aliphatic rings. The number of aldehydes is 1. The molecule has 3 nitrogen and oxygen atoms in total. The number of nitrogens with zero attached hydrogens (tertiary/aromatic N) is 1. The molecule has 0 aliphatic carbocycles. The van der Waals surface area contributed by atoms with Crippen LogP contribution in [0.15, 0.2) is 0 Å². The Kier molecular flexibility index (Phi) is 2.85. The summed E-state index contributed by atoms with van der Waals surface area (Å²) < 4.78 is 5.57. The van der Waals surface area contributed by atoms with Crippen LogP contribution in [0.2, 0.25) is 0 Å². The lowest BCUT2D eigenvalue weighted by Crippen LogP contribution is -2.40. The van der Waals surface area contributed by atoms with E-state index in [2.05, 4.69) is 4.90 Å². The van der Waals surface area contributed by atoms with E-state index in [1.807, 2.05) is 20.9 Å². The molecule has 0 unspecified atom stereocenters. The normalized spacial score (nSPS) is 29.1. The van der Waals surface area contributed by atoms with Gasteiger partial charge in [0, 0.05) is 12.5 Å². The molecule has 1 atom stereocenters. The summed E-state index contributed by atoms with van der Waals surface area (Å²) >= 11 is 0. The summed E-state index contributed by atoms with van der Waals surface area (Å²) in [6.07, 6.45) is 2.51. The Labute approximate surface area is 73.7 Å². The Bertz CT molecular complexity index is 168. The van der Waals surface area contributed by atoms with Crippen LogP contribution in [0.25, 0.3) is 0 Å². The second kappa shape index (κ2) is 3.54. The van der Waals surface area contributed by atoms with Gasteiger partial charge in [0.05, 0.1) is 6.61 Å². The van der Waals surface area contributed by atoms with Gasteiger partial charge in [0.2, 0.25) is 0 Å². The minimum absolute atomic E-state index is 0.159. The van der Waals surface area contributed by atoms with E-state index in [-0.39, 0.29) is 5.72 Å². The minimum Gasteiger partial charge on any atom is -0.359 e. The zero-order chi connectivity index (χ0) is 9.19. The largest absolute Gasteiger partial charge is 0.359 e. The number of carbonyl (C=O) groups excluding carboxylic acids is 1. The van der Waals surface area contributed by atoms with Gasteiger partial charge in [0.1, 0.15) is 12.0 Å². The Morgan fingerprint density at radius 2 is 2.33 bits per heavy atom. The maximum atomic E-state index is 10.2. The van der Waals surface area contributed by atoms with Crippen molar-refractivity contribution >= 4 is 6.29 Å². The highest BCUT2D eigenvalue weighted by Gasteiger charge is 2.36. The van der Waals surface area contributed by atoms with Gasteiger partial charge in [-0.25, -0.2) is 0 Å². The SMILES string of the molecule is CN1[C@@H](CCC=O)COC1(C)C. The Morgan fingerprint density at radius 1 is 1.67 bits per heavy atom. The first kappa shape index (κ1) is 9.68. The fraction of sp³-hybridized carbons (Fsp3) is 0.889. The van der Waals surface area contributed by atoms with Gasteiger partial charge in [0.25, 0.3) is 0 Å². The number of carbonyl (C=O) groups is 1. The van der Waals surface area contributed by atoms with Crippen LogP contribution in [-0.2, 0) is 9.53 Å². The van der Waals surface area contributed by atoms with E-state index < -0.39 is 0 Å². The fourth-order valence-corrected chi connectivity index (χ4v) is 1.49. The van der Waals surface area contributed by atoms with Crippen LogP contribution in [0.5, 0.6) is 0 Å². The monoisotopic (exact) mass is 171 g/mol. The van der Waals surface area contributed by atoms with Crippen LogP contribution < -0.4 is 0 Å². The number of ether oxygens (including phenoxy) is 1. The third kappa shape index (κ3) is 1.84. The summed E-state index contributed by atoms with van der Waals surface area (Å²) in [5.41, 5.74) is -0.159. The first-order chi connectivity index (χ1) is 5.58. The van der Waals surface area contributed by atoms with Gasteiger partial charge >= 0.3 is 0 Å². The molecule has 0 aromatic heterocycles. The summed E-state index contributed by atoms with van der Waals surface area (Å²) in [5.74, 6) is 0. The lowest BCUT2D eigenvalue weighted by molar-refractivity contribution is -0.108. The van der Waals surface area contributed by atoms with Gasteiger partial charge in [-0.05, 0) is 27.3 Å². The van der Waals surface area contributed by atoms with Crippen LogP contribution in [0, 0.1) is 0 Å². The van der Waals surface area contributed by atoms with E-state index in [9.17, 15) is 4.79 Å². The molecular weight excluding hydrogens is 154 g/mol. The van der Waals surface area contributed by atoms with Gasteiger partial charge < -0.3 is 9.53 Å². The molecule has 1 fully saturated rings. The quantitative estimate of drug-likeness (QED) is 0.594. The van der Waals surface area contributed by atoms with E-state index in [4.69, 9.17) is 4.74 Å². The predicted octanol–water partition coefficient (Wildman–Crippen LogP) is 1.03. The van der Waals surface area contributed by atoms with Crippen molar-refractivity contribution in [1.29, 1.82) is 0 Å². The Balaban J connectivity index is 2.43. The molecule has 12 heavy (non-hydrogen) atoms. The van der Waals surface area contributed by atoms with E-state index in [0.29, 0.717) is 12.5 Å². The van der Waals surface area contributed by atoms with Gasteiger partial charge in [-0.2, -0.15) is 0 Å². The third-order valence-electron chi connectivity index (χ3n) is 2.64. The lowest BCUT2D eigenvalue weighted by atomic mass is 10.1. The van der Waals surface area contributed by atoms with Crippen LogP contribution in [0.3, 0.4) is 0 Å². The molecule has 1 aliphatic heterocycles. The number of likely N-dealkylation sites (N-methyl/N-ethyl adjacent to an activating group) is 1. The molecule has 0 bridgehead atoms. The smallest absolute Gasteiger partial charge is 0.120 e. The summed E-state index contributed by atoms with van der Waals surface area (Å²) in [4.78, 5) is 12.4. The third-order valence-corrected chi connectivity index (χ3v) is 2.64. The topological polar surface area (TPSA) is 29.5 Å². The molecule has 1 heterocycles. The van der Waals surface area contributed by atoms with Crippen LogP contribution in [0.1, 0.15) is 26.7 Å². The van der Waals surface area contributed by atoms with Crippen molar-refractivity contribution in [2.45, 2.75) is 38.5 Å². The summed E-state index contributed by atoms with van der Waals surface area (Å²) in [5, 5.41) is 0. The molecule has 0 radical (unpaired) electrons. The summed E-state index contributed by atoms with van der Waals surface area (Å²) in [7, 11) is 2.04. The second-order valence-electron chi connectivity index (χ2n) is 3.77. The van der Waals surface area contributed by atoms with E-state index in [0.717, 1.165) is 19.3 Å². The molecule has 1 saturated heterocycles. The Morgan fingerprint density at radius 3 is 2.75 bits per heavy atom. The number of hydrogen-bond acceptors (Lipinski definition) is 3. The maximum Gasteiger partial charge on any atom is 0.120 e. The van der Waals surface area contributed by atoms with Crippen molar-refractivity contribution in [2.24, 2.45) is 0 Å². The zero-order valence-electron chi connectivity index (χ0n) is 8.04. The van der Waals surface area contributed by atoms with E-state index in [1.165, 1.54) is 0 Å². The van der Waals surface area contributed by atoms with Gasteiger partial charge in [-0.1, -0.05) is 0 Å². The Hall–Kier alpha value is -0.410. The molecule has 1 rings (SSSR count). The first-order valence-corrected chi connectivity index (χ1v) is 4.38. The maximum absolute atomic E-state index is 10.2.